The summed E-state index contributed by atoms with van der Waals surface area (Å²) in [6, 6.07) is 3.64. The van der Waals surface area contributed by atoms with Crippen molar-refractivity contribution in [3.05, 3.63) is 29.7 Å². The third-order valence-corrected chi connectivity index (χ3v) is 8.06. The molecule has 3 heterocycles. The first kappa shape index (κ1) is 21.4. The number of rotatable bonds is 5. The highest BCUT2D eigenvalue weighted by molar-refractivity contribution is 6.03. The van der Waals surface area contributed by atoms with Crippen molar-refractivity contribution in [1.82, 2.24) is 19.9 Å². The lowest BCUT2D eigenvalue weighted by Crippen LogP contribution is -2.56. The van der Waals surface area contributed by atoms with E-state index in [1.54, 1.807) is 4.52 Å². The van der Waals surface area contributed by atoms with Crippen LogP contribution in [0.15, 0.2) is 18.3 Å². The Labute approximate surface area is 188 Å². The quantitative estimate of drug-likeness (QED) is 0.547. The molecule has 1 aliphatic heterocycles. The van der Waals surface area contributed by atoms with Gasteiger partial charge in [-0.1, -0.05) is 19.8 Å². The largest absolute Gasteiger partial charge is 0.468 e. The van der Waals surface area contributed by atoms with Crippen molar-refractivity contribution in [2.75, 3.05) is 13.7 Å². The van der Waals surface area contributed by atoms with E-state index >= 15 is 0 Å². The Morgan fingerprint density at radius 2 is 2.06 bits per heavy atom. The molecule has 2 atom stereocenters. The zero-order chi connectivity index (χ0) is 22.5. The summed E-state index contributed by atoms with van der Waals surface area (Å²) in [6.45, 7) is 2.94. The van der Waals surface area contributed by atoms with Crippen LogP contribution in [-0.2, 0) is 20.7 Å². The molecular formula is C24H33N5O3. The maximum absolute atomic E-state index is 12.9. The van der Waals surface area contributed by atoms with E-state index in [4.69, 9.17) is 20.6 Å². The zero-order valence-corrected chi connectivity index (χ0v) is 19.0. The maximum Gasteiger partial charge on any atom is 0.321 e. The highest BCUT2D eigenvalue weighted by Gasteiger charge is 2.60. The minimum Gasteiger partial charge on any atom is -0.468 e. The lowest BCUT2D eigenvalue weighted by molar-refractivity contribution is -0.163. The van der Waals surface area contributed by atoms with Crippen LogP contribution >= 0.6 is 0 Å². The molecule has 32 heavy (non-hydrogen) atoms. The lowest BCUT2D eigenvalue weighted by Gasteiger charge is -2.37. The summed E-state index contributed by atoms with van der Waals surface area (Å²) in [4.78, 5) is 30.5. The first-order valence-electron chi connectivity index (χ1n) is 11.8. The van der Waals surface area contributed by atoms with Gasteiger partial charge in [0.15, 0.2) is 11.1 Å². The topological polar surface area (TPSA) is 112 Å². The molecule has 2 aromatic heterocycles. The van der Waals surface area contributed by atoms with Gasteiger partial charge in [0, 0.05) is 13.0 Å². The highest BCUT2D eigenvalue weighted by Crippen LogP contribution is 2.56. The minimum atomic E-state index is -1.23. The van der Waals surface area contributed by atoms with E-state index in [9.17, 15) is 9.59 Å². The number of ether oxygens (including phenoxy) is 1. The number of nitrogens with one attached hydrogen (secondary N) is 1. The Morgan fingerprint density at radius 1 is 1.31 bits per heavy atom. The summed E-state index contributed by atoms with van der Waals surface area (Å²) in [5, 5.41) is 7.66. The van der Waals surface area contributed by atoms with E-state index in [1.807, 2.05) is 18.3 Å². The SMILES string of the molecule is COC(=O)C1(Cc2ccc3nc([C@@H](N)C4CCC(C)CC4)cn3n2)CC2(CC2)CNC1=O. The minimum absolute atomic E-state index is 0.0264. The Balaban J connectivity index is 1.40. The van der Waals surface area contributed by atoms with E-state index in [-0.39, 0.29) is 23.8 Å². The fourth-order valence-corrected chi connectivity index (χ4v) is 5.72. The summed E-state index contributed by atoms with van der Waals surface area (Å²) < 4.78 is 6.82. The van der Waals surface area contributed by atoms with Crippen LogP contribution in [0.2, 0.25) is 0 Å². The van der Waals surface area contributed by atoms with Crippen LogP contribution in [0.3, 0.4) is 0 Å². The summed E-state index contributed by atoms with van der Waals surface area (Å²) in [6.07, 6.45) is 9.38. The molecule has 1 unspecified atom stereocenters. The van der Waals surface area contributed by atoms with Crippen molar-refractivity contribution in [1.29, 1.82) is 0 Å². The molecule has 1 spiro atoms. The average Bonchev–Trinajstić information content (AvgIpc) is 3.41. The Hall–Kier alpha value is -2.48. The van der Waals surface area contributed by atoms with E-state index < -0.39 is 11.4 Å². The Morgan fingerprint density at radius 3 is 2.75 bits per heavy atom. The number of methoxy groups -OCH3 is 1. The normalized spacial score (nSPS) is 30.2. The summed E-state index contributed by atoms with van der Waals surface area (Å²) in [7, 11) is 1.34. The predicted molar refractivity (Wildman–Crippen MR) is 118 cm³/mol. The molecule has 8 heteroatoms. The van der Waals surface area contributed by atoms with Crippen LogP contribution in [-0.4, -0.2) is 40.1 Å². The molecule has 3 N–H and O–H groups in total. The van der Waals surface area contributed by atoms with Gasteiger partial charge in [0.2, 0.25) is 5.91 Å². The van der Waals surface area contributed by atoms with Crippen LogP contribution in [0.1, 0.15) is 69.3 Å². The first-order valence-corrected chi connectivity index (χ1v) is 11.8. The summed E-state index contributed by atoms with van der Waals surface area (Å²) >= 11 is 0. The monoisotopic (exact) mass is 439 g/mol. The van der Waals surface area contributed by atoms with Gasteiger partial charge in [0.25, 0.3) is 0 Å². The van der Waals surface area contributed by atoms with E-state index in [1.165, 1.54) is 20.0 Å². The summed E-state index contributed by atoms with van der Waals surface area (Å²) in [5.74, 6) is 0.475. The van der Waals surface area contributed by atoms with Gasteiger partial charge in [0.05, 0.1) is 30.7 Å². The number of fused-ring (bicyclic) bond motifs is 1. The smallest absolute Gasteiger partial charge is 0.321 e. The molecule has 2 aliphatic carbocycles. The van der Waals surface area contributed by atoms with Crippen molar-refractivity contribution >= 4 is 17.5 Å². The number of aromatic nitrogens is 3. The molecule has 0 aromatic carbocycles. The Bertz CT molecular complexity index is 1030. The standard InChI is InChI=1S/C24H33N5O3/c1-15-3-5-16(6-4-15)20(25)18-12-29-19(27-18)8-7-17(28-29)11-24(22(31)32-2)13-23(9-10-23)14-26-21(24)30/h7-8,12,15-16,20H,3-6,9-11,13-14,25H2,1-2H3,(H,26,30)/t15?,16?,20-,24?/m0/s1. The second-order valence-corrected chi connectivity index (χ2v) is 10.4. The fourth-order valence-electron chi connectivity index (χ4n) is 5.72. The van der Waals surface area contributed by atoms with Crippen molar-refractivity contribution in [2.24, 2.45) is 28.4 Å². The molecule has 1 saturated heterocycles. The van der Waals surface area contributed by atoms with Crippen molar-refractivity contribution in [2.45, 2.75) is 64.3 Å². The second-order valence-electron chi connectivity index (χ2n) is 10.4. The van der Waals surface area contributed by atoms with Crippen molar-refractivity contribution < 1.29 is 14.3 Å². The number of nitrogens with two attached hydrogens (primary N) is 1. The molecule has 5 rings (SSSR count). The van der Waals surface area contributed by atoms with Crippen LogP contribution < -0.4 is 11.1 Å². The number of amides is 1. The van der Waals surface area contributed by atoms with Gasteiger partial charge in [-0.25, -0.2) is 9.50 Å². The van der Waals surface area contributed by atoms with Gasteiger partial charge in [-0.05, 0) is 61.5 Å². The van der Waals surface area contributed by atoms with Crippen LogP contribution in [0.5, 0.6) is 0 Å². The molecule has 2 saturated carbocycles. The first-order chi connectivity index (χ1) is 15.3. The lowest BCUT2D eigenvalue weighted by atomic mass is 9.71. The van der Waals surface area contributed by atoms with Gasteiger partial charge in [-0.3, -0.25) is 9.59 Å². The molecule has 0 bridgehead atoms. The van der Waals surface area contributed by atoms with Gasteiger partial charge >= 0.3 is 5.97 Å². The van der Waals surface area contributed by atoms with Crippen LogP contribution in [0, 0.1) is 22.7 Å². The highest BCUT2D eigenvalue weighted by atomic mass is 16.5. The number of hydrogen-bond donors (Lipinski definition) is 2. The molecule has 0 radical (unpaired) electrons. The molecule has 3 aliphatic rings. The fraction of sp³-hybridized carbons (Fsp3) is 0.667. The molecule has 8 nitrogen and oxygen atoms in total. The van der Waals surface area contributed by atoms with Gasteiger partial charge in [0.1, 0.15) is 0 Å². The molecule has 1 amide bonds. The third-order valence-electron chi connectivity index (χ3n) is 8.06. The number of hydrogen-bond acceptors (Lipinski definition) is 6. The number of nitrogens with zero attached hydrogens (tertiary/aromatic N) is 3. The Kier molecular flexibility index (Phi) is 5.23. The van der Waals surface area contributed by atoms with Crippen LogP contribution in [0.25, 0.3) is 5.65 Å². The van der Waals surface area contributed by atoms with Gasteiger partial charge < -0.3 is 15.8 Å². The number of imidazole rings is 1. The molecular weight excluding hydrogens is 406 g/mol. The number of esters is 1. The van der Waals surface area contributed by atoms with Crippen molar-refractivity contribution in [3.63, 3.8) is 0 Å². The summed E-state index contributed by atoms with van der Waals surface area (Å²) in [5.41, 5.74) is 7.62. The average molecular weight is 440 g/mol. The molecule has 172 valence electrons. The zero-order valence-electron chi connectivity index (χ0n) is 19.0. The second kappa shape index (κ2) is 7.83. The van der Waals surface area contributed by atoms with Gasteiger partial charge in [-0.2, -0.15) is 5.10 Å². The number of piperidine rings is 1. The number of carbonyl (C=O) groups excluding carboxylic acids is 2. The van der Waals surface area contributed by atoms with E-state index in [0.717, 1.165) is 42.9 Å². The number of carbonyl (C=O) groups is 2. The molecule has 2 aromatic rings. The maximum atomic E-state index is 12.9. The predicted octanol–water partition coefficient (Wildman–Crippen LogP) is 2.56. The molecule has 3 fully saturated rings. The van der Waals surface area contributed by atoms with Crippen molar-refractivity contribution in [3.8, 4) is 0 Å². The van der Waals surface area contributed by atoms with Crippen LogP contribution in [0.4, 0.5) is 0 Å². The van der Waals surface area contributed by atoms with E-state index in [2.05, 4.69) is 12.2 Å². The third kappa shape index (κ3) is 3.68. The van der Waals surface area contributed by atoms with E-state index in [0.29, 0.717) is 24.6 Å². The van der Waals surface area contributed by atoms with Gasteiger partial charge in [-0.15, -0.1) is 0 Å².